The molecule has 0 spiro atoms. The van der Waals surface area contributed by atoms with Crippen LogP contribution in [-0.4, -0.2) is 7.11 Å². The first-order valence-corrected chi connectivity index (χ1v) is 5.28. The van der Waals surface area contributed by atoms with Crippen molar-refractivity contribution < 1.29 is 9.13 Å². The summed E-state index contributed by atoms with van der Waals surface area (Å²) in [6, 6.07) is 4.51. The highest BCUT2D eigenvalue weighted by molar-refractivity contribution is 5.36. The Kier molecular flexibility index (Phi) is 4.56. The van der Waals surface area contributed by atoms with Crippen LogP contribution in [0.15, 0.2) is 18.2 Å². The normalized spacial score (nSPS) is 12.5. The van der Waals surface area contributed by atoms with Crippen molar-refractivity contribution in [2.45, 2.75) is 32.2 Å². The van der Waals surface area contributed by atoms with Gasteiger partial charge in [0.15, 0.2) is 0 Å². The smallest absolute Gasteiger partial charge is 0.131 e. The van der Waals surface area contributed by atoms with Crippen molar-refractivity contribution in [1.82, 2.24) is 0 Å². The second kappa shape index (κ2) is 5.71. The van der Waals surface area contributed by atoms with Crippen LogP contribution in [0.2, 0.25) is 0 Å². The summed E-state index contributed by atoms with van der Waals surface area (Å²) in [5, 5.41) is 0. The first-order chi connectivity index (χ1) is 7.20. The van der Waals surface area contributed by atoms with Crippen LogP contribution in [-0.2, 0) is 0 Å². The van der Waals surface area contributed by atoms with Crippen molar-refractivity contribution in [1.29, 1.82) is 0 Å². The van der Waals surface area contributed by atoms with Crippen LogP contribution in [0.1, 0.15) is 37.8 Å². The van der Waals surface area contributed by atoms with Gasteiger partial charge in [0.25, 0.3) is 0 Å². The fourth-order valence-corrected chi connectivity index (χ4v) is 1.62. The monoisotopic (exact) mass is 211 g/mol. The predicted octanol–water partition coefficient (Wildman–Crippen LogP) is 3.02. The quantitative estimate of drug-likeness (QED) is 0.812. The summed E-state index contributed by atoms with van der Waals surface area (Å²) < 4.78 is 18.7. The number of methoxy groups -OCH3 is 1. The van der Waals surface area contributed by atoms with Crippen molar-refractivity contribution in [2.75, 3.05) is 7.11 Å². The SMILES string of the molecule is CCCC[C@H](N)c1c(F)cccc1OC. The highest BCUT2D eigenvalue weighted by Crippen LogP contribution is 2.29. The van der Waals surface area contributed by atoms with E-state index >= 15 is 0 Å². The lowest BCUT2D eigenvalue weighted by Crippen LogP contribution is -2.13. The standard InChI is InChI=1S/C12H18FNO/c1-3-4-7-10(14)12-9(13)6-5-8-11(12)15-2/h5-6,8,10H,3-4,7,14H2,1-2H3/t10-/m0/s1. The van der Waals surface area contributed by atoms with Crippen LogP contribution < -0.4 is 10.5 Å². The molecule has 0 heterocycles. The summed E-state index contributed by atoms with van der Waals surface area (Å²) in [7, 11) is 1.53. The van der Waals surface area contributed by atoms with Crippen LogP contribution in [0.3, 0.4) is 0 Å². The zero-order valence-electron chi connectivity index (χ0n) is 9.29. The predicted molar refractivity (Wildman–Crippen MR) is 59.4 cm³/mol. The fraction of sp³-hybridized carbons (Fsp3) is 0.500. The van der Waals surface area contributed by atoms with Gasteiger partial charge in [-0.25, -0.2) is 4.39 Å². The Labute approximate surface area is 90.2 Å². The molecule has 0 bridgehead atoms. The van der Waals surface area contributed by atoms with E-state index in [1.807, 2.05) is 0 Å². The Balaban J connectivity index is 2.90. The van der Waals surface area contributed by atoms with Crippen molar-refractivity contribution in [2.24, 2.45) is 5.73 Å². The molecule has 0 amide bonds. The van der Waals surface area contributed by atoms with Crippen LogP contribution in [0.5, 0.6) is 5.75 Å². The van der Waals surface area contributed by atoms with E-state index in [0.717, 1.165) is 19.3 Å². The van der Waals surface area contributed by atoms with Crippen molar-refractivity contribution in [3.05, 3.63) is 29.6 Å². The molecule has 2 N–H and O–H groups in total. The van der Waals surface area contributed by atoms with Gasteiger partial charge in [-0.2, -0.15) is 0 Å². The average Bonchev–Trinajstić information content (AvgIpc) is 2.25. The van der Waals surface area contributed by atoms with E-state index in [4.69, 9.17) is 10.5 Å². The van der Waals surface area contributed by atoms with E-state index in [1.54, 1.807) is 12.1 Å². The van der Waals surface area contributed by atoms with Gasteiger partial charge < -0.3 is 10.5 Å². The number of unbranched alkanes of at least 4 members (excludes halogenated alkanes) is 1. The van der Waals surface area contributed by atoms with Gasteiger partial charge in [0.05, 0.1) is 7.11 Å². The summed E-state index contributed by atoms with van der Waals surface area (Å²) in [5.41, 5.74) is 6.43. The molecule has 1 rings (SSSR count). The second-order valence-corrected chi connectivity index (χ2v) is 3.60. The topological polar surface area (TPSA) is 35.2 Å². The molecule has 0 aliphatic rings. The zero-order valence-corrected chi connectivity index (χ0v) is 9.29. The number of hydrogen-bond acceptors (Lipinski definition) is 2. The molecule has 0 saturated heterocycles. The third kappa shape index (κ3) is 2.93. The molecule has 0 saturated carbocycles. The largest absolute Gasteiger partial charge is 0.496 e. The molecule has 0 aromatic heterocycles. The van der Waals surface area contributed by atoms with Crippen LogP contribution in [0.25, 0.3) is 0 Å². The summed E-state index contributed by atoms with van der Waals surface area (Å²) in [4.78, 5) is 0. The number of hydrogen-bond donors (Lipinski definition) is 1. The minimum Gasteiger partial charge on any atom is -0.496 e. The molecule has 0 aliphatic heterocycles. The lowest BCUT2D eigenvalue weighted by atomic mass is 10.0. The molecular formula is C12H18FNO. The van der Waals surface area contributed by atoms with Gasteiger partial charge >= 0.3 is 0 Å². The third-order valence-corrected chi connectivity index (χ3v) is 2.47. The summed E-state index contributed by atoms with van der Waals surface area (Å²) in [5.74, 6) is 0.261. The van der Waals surface area contributed by atoms with Gasteiger partial charge in [0.2, 0.25) is 0 Å². The lowest BCUT2D eigenvalue weighted by molar-refractivity contribution is 0.396. The van der Waals surface area contributed by atoms with E-state index in [9.17, 15) is 4.39 Å². The molecule has 3 heteroatoms. The van der Waals surface area contributed by atoms with E-state index < -0.39 is 0 Å². The minimum absolute atomic E-state index is 0.277. The molecule has 1 aromatic rings. The van der Waals surface area contributed by atoms with Gasteiger partial charge in [0, 0.05) is 11.6 Å². The summed E-state index contributed by atoms with van der Waals surface area (Å²) in [6.07, 6.45) is 2.84. The Morgan fingerprint density at radius 2 is 2.20 bits per heavy atom. The molecule has 0 fully saturated rings. The maximum absolute atomic E-state index is 13.6. The van der Waals surface area contributed by atoms with Crippen molar-refractivity contribution >= 4 is 0 Å². The van der Waals surface area contributed by atoms with Crippen LogP contribution >= 0.6 is 0 Å². The molecule has 15 heavy (non-hydrogen) atoms. The summed E-state index contributed by atoms with van der Waals surface area (Å²) in [6.45, 7) is 2.09. The maximum atomic E-state index is 13.6. The van der Waals surface area contributed by atoms with Crippen LogP contribution in [0.4, 0.5) is 4.39 Å². The highest BCUT2D eigenvalue weighted by atomic mass is 19.1. The molecule has 84 valence electrons. The number of benzene rings is 1. The summed E-state index contributed by atoms with van der Waals surface area (Å²) >= 11 is 0. The minimum atomic E-state index is -0.280. The number of ether oxygens (including phenoxy) is 1. The maximum Gasteiger partial charge on any atom is 0.131 e. The average molecular weight is 211 g/mol. The Morgan fingerprint density at radius 1 is 1.47 bits per heavy atom. The van der Waals surface area contributed by atoms with Gasteiger partial charge in [-0.1, -0.05) is 25.8 Å². The number of nitrogens with two attached hydrogens (primary N) is 1. The third-order valence-electron chi connectivity index (χ3n) is 2.47. The fourth-order valence-electron chi connectivity index (χ4n) is 1.62. The van der Waals surface area contributed by atoms with Gasteiger partial charge in [-0.3, -0.25) is 0 Å². The van der Waals surface area contributed by atoms with Crippen molar-refractivity contribution in [3.8, 4) is 5.75 Å². The molecule has 2 nitrogen and oxygen atoms in total. The van der Waals surface area contributed by atoms with E-state index in [-0.39, 0.29) is 11.9 Å². The first kappa shape index (κ1) is 12.0. The molecule has 1 aromatic carbocycles. The zero-order chi connectivity index (χ0) is 11.3. The number of halogens is 1. The van der Waals surface area contributed by atoms with Crippen molar-refractivity contribution in [3.63, 3.8) is 0 Å². The Bertz CT molecular complexity index is 314. The van der Waals surface area contributed by atoms with E-state index in [1.165, 1.54) is 13.2 Å². The number of rotatable bonds is 5. The molecule has 0 unspecified atom stereocenters. The van der Waals surface area contributed by atoms with Gasteiger partial charge in [0.1, 0.15) is 11.6 Å². The van der Waals surface area contributed by atoms with Gasteiger partial charge in [-0.05, 0) is 18.6 Å². The molecular weight excluding hydrogens is 193 g/mol. The van der Waals surface area contributed by atoms with E-state index in [2.05, 4.69) is 6.92 Å². The van der Waals surface area contributed by atoms with Crippen LogP contribution in [0, 0.1) is 5.82 Å². The molecule has 0 aliphatic carbocycles. The Hall–Kier alpha value is -1.09. The molecule has 0 radical (unpaired) electrons. The second-order valence-electron chi connectivity index (χ2n) is 3.60. The highest BCUT2D eigenvalue weighted by Gasteiger charge is 2.15. The van der Waals surface area contributed by atoms with E-state index in [0.29, 0.717) is 11.3 Å². The first-order valence-electron chi connectivity index (χ1n) is 5.28. The Morgan fingerprint density at radius 3 is 2.80 bits per heavy atom. The lowest BCUT2D eigenvalue weighted by Gasteiger charge is -2.15. The molecule has 1 atom stereocenters. The van der Waals surface area contributed by atoms with Gasteiger partial charge in [-0.15, -0.1) is 0 Å².